The number of benzene rings is 1. The smallest absolute Gasteiger partial charge is 0.214 e. The minimum atomic E-state index is 0.00274. The Hall–Kier alpha value is -1.39. The van der Waals surface area contributed by atoms with E-state index in [1.54, 1.807) is 6.07 Å². The van der Waals surface area contributed by atoms with Gasteiger partial charge in [-0.15, -0.1) is 0 Å². The predicted octanol–water partition coefficient (Wildman–Crippen LogP) is 3.48. The zero-order chi connectivity index (χ0) is 13.7. The summed E-state index contributed by atoms with van der Waals surface area (Å²) in [5.41, 5.74) is 2.83. The maximum Gasteiger partial charge on any atom is 0.214 e. The summed E-state index contributed by atoms with van der Waals surface area (Å²) < 4.78 is 6.72. The Kier molecular flexibility index (Phi) is 4.93. The molecule has 0 aliphatic rings. The molecule has 0 spiro atoms. The average molecular weight is 322 g/mol. The third-order valence-electron chi connectivity index (χ3n) is 2.74. The van der Waals surface area contributed by atoms with E-state index in [1.807, 2.05) is 37.3 Å². The number of rotatable bonds is 5. The molecule has 0 unspecified atom stereocenters. The maximum absolute atomic E-state index is 9.21. The van der Waals surface area contributed by atoms with Gasteiger partial charge >= 0.3 is 0 Å². The van der Waals surface area contributed by atoms with E-state index in [-0.39, 0.29) is 6.61 Å². The molecular weight excluding hydrogens is 306 g/mol. The Balaban J connectivity index is 2.10. The van der Waals surface area contributed by atoms with Crippen LogP contribution in [-0.4, -0.2) is 10.1 Å². The van der Waals surface area contributed by atoms with Crippen molar-refractivity contribution in [3.05, 3.63) is 57.7 Å². The van der Waals surface area contributed by atoms with E-state index in [0.29, 0.717) is 12.5 Å². The van der Waals surface area contributed by atoms with Crippen LogP contribution in [-0.2, 0) is 19.6 Å². The molecule has 0 radical (unpaired) electrons. The first-order chi connectivity index (χ1) is 9.21. The second-order valence-corrected chi connectivity index (χ2v) is 5.15. The minimum absolute atomic E-state index is 0.00274. The molecule has 3 nitrogen and oxygen atoms in total. The lowest BCUT2D eigenvalue weighted by atomic mass is 10.2. The molecule has 0 aliphatic carbocycles. The maximum atomic E-state index is 9.21. The summed E-state index contributed by atoms with van der Waals surface area (Å²) >= 11 is 3.43. The molecule has 100 valence electrons. The monoisotopic (exact) mass is 321 g/mol. The topological polar surface area (TPSA) is 42.4 Å². The second kappa shape index (κ2) is 6.68. The van der Waals surface area contributed by atoms with Crippen molar-refractivity contribution in [1.82, 2.24) is 4.98 Å². The van der Waals surface area contributed by atoms with Crippen LogP contribution in [0.1, 0.15) is 23.7 Å². The summed E-state index contributed by atoms with van der Waals surface area (Å²) in [7, 11) is 0. The Morgan fingerprint density at radius 2 is 2.05 bits per heavy atom. The quantitative estimate of drug-likeness (QED) is 0.916. The molecule has 0 amide bonds. The van der Waals surface area contributed by atoms with Crippen LogP contribution < -0.4 is 4.74 Å². The molecule has 1 heterocycles. The van der Waals surface area contributed by atoms with Crippen molar-refractivity contribution in [3.63, 3.8) is 0 Å². The largest absolute Gasteiger partial charge is 0.473 e. The van der Waals surface area contributed by atoms with Gasteiger partial charge in [-0.25, -0.2) is 4.98 Å². The molecular formula is C15H16BrNO2. The van der Waals surface area contributed by atoms with E-state index in [9.17, 15) is 5.11 Å². The highest BCUT2D eigenvalue weighted by Crippen LogP contribution is 2.17. The van der Waals surface area contributed by atoms with E-state index in [0.717, 1.165) is 27.7 Å². The van der Waals surface area contributed by atoms with Gasteiger partial charge in [0, 0.05) is 16.2 Å². The molecule has 0 atom stereocenters. The first kappa shape index (κ1) is 14.0. The molecule has 1 N–H and O–H groups in total. The molecule has 1 aromatic heterocycles. The molecule has 0 fully saturated rings. The van der Waals surface area contributed by atoms with Crippen LogP contribution in [0.3, 0.4) is 0 Å². The summed E-state index contributed by atoms with van der Waals surface area (Å²) in [6.07, 6.45) is 0.821. The highest BCUT2D eigenvalue weighted by molar-refractivity contribution is 9.10. The van der Waals surface area contributed by atoms with Crippen LogP contribution in [0.5, 0.6) is 5.88 Å². The summed E-state index contributed by atoms with van der Waals surface area (Å²) in [5.74, 6) is 0.559. The van der Waals surface area contributed by atoms with Gasteiger partial charge in [-0.1, -0.05) is 35.0 Å². The van der Waals surface area contributed by atoms with Gasteiger partial charge in [0.05, 0.1) is 6.61 Å². The van der Waals surface area contributed by atoms with E-state index < -0.39 is 0 Å². The molecule has 0 aliphatic heterocycles. The van der Waals surface area contributed by atoms with Crippen molar-refractivity contribution in [2.75, 3.05) is 0 Å². The van der Waals surface area contributed by atoms with Gasteiger partial charge in [0.1, 0.15) is 6.61 Å². The minimum Gasteiger partial charge on any atom is -0.473 e. The van der Waals surface area contributed by atoms with Gasteiger partial charge in [0.2, 0.25) is 5.88 Å². The van der Waals surface area contributed by atoms with Crippen molar-refractivity contribution in [2.45, 2.75) is 26.6 Å². The summed E-state index contributed by atoms with van der Waals surface area (Å²) in [4.78, 5) is 4.39. The molecule has 0 bridgehead atoms. The lowest BCUT2D eigenvalue weighted by Crippen LogP contribution is -2.00. The number of nitrogens with zero attached hydrogens (tertiary/aromatic N) is 1. The Morgan fingerprint density at radius 3 is 2.74 bits per heavy atom. The van der Waals surface area contributed by atoms with Crippen LogP contribution in [0.15, 0.2) is 40.9 Å². The van der Waals surface area contributed by atoms with E-state index in [4.69, 9.17) is 4.74 Å². The molecule has 0 saturated heterocycles. The number of aromatic nitrogens is 1. The van der Waals surface area contributed by atoms with Crippen molar-refractivity contribution in [2.24, 2.45) is 0 Å². The lowest BCUT2D eigenvalue weighted by Gasteiger charge is -2.09. The van der Waals surface area contributed by atoms with Crippen LogP contribution in [0, 0.1) is 0 Å². The van der Waals surface area contributed by atoms with Gasteiger partial charge in [-0.05, 0) is 35.7 Å². The zero-order valence-corrected chi connectivity index (χ0v) is 12.4. The normalized spacial score (nSPS) is 10.5. The van der Waals surface area contributed by atoms with E-state index in [2.05, 4.69) is 20.9 Å². The van der Waals surface area contributed by atoms with Crippen LogP contribution >= 0.6 is 15.9 Å². The molecule has 2 rings (SSSR count). The van der Waals surface area contributed by atoms with E-state index >= 15 is 0 Å². The molecule has 2 aromatic rings. The standard InChI is InChI=1S/C15H16BrNO2/c1-2-14-7-12(9-18)8-15(17-14)19-10-11-4-3-5-13(16)6-11/h3-8,18H,2,9-10H2,1H3. The number of hydrogen-bond donors (Lipinski definition) is 1. The average Bonchev–Trinajstić information content (AvgIpc) is 2.44. The second-order valence-electron chi connectivity index (χ2n) is 4.24. The fourth-order valence-electron chi connectivity index (χ4n) is 1.75. The highest BCUT2D eigenvalue weighted by Gasteiger charge is 2.03. The van der Waals surface area contributed by atoms with Gasteiger partial charge in [-0.2, -0.15) is 0 Å². The van der Waals surface area contributed by atoms with Gasteiger partial charge in [0.15, 0.2) is 0 Å². The zero-order valence-electron chi connectivity index (χ0n) is 10.8. The van der Waals surface area contributed by atoms with Gasteiger partial charge in [-0.3, -0.25) is 0 Å². The molecule has 1 aromatic carbocycles. The highest BCUT2D eigenvalue weighted by atomic mass is 79.9. The number of hydrogen-bond acceptors (Lipinski definition) is 3. The SMILES string of the molecule is CCc1cc(CO)cc(OCc2cccc(Br)c2)n1. The third-order valence-corrected chi connectivity index (χ3v) is 3.23. The van der Waals surface area contributed by atoms with Crippen molar-refractivity contribution in [1.29, 1.82) is 0 Å². The van der Waals surface area contributed by atoms with Crippen LogP contribution in [0.4, 0.5) is 0 Å². The van der Waals surface area contributed by atoms with Crippen molar-refractivity contribution >= 4 is 15.9 Å². The fourth-order valence-corrected chi connectivity index (χ4v) is 2.20. The number of ether oxygens (including phenoxy) is 1. The third kappa shape index (κ3) is 4.04. The number of aryl methyl sites for hydroxylation is 1. The fraction of sp³-hybridized carbons (Fsp3) is 0.267. The first-order valence-electron chi connectivity index (χ1n) is 6.19. The van der Waals surface area contributed by atoms with Crippen LogP contribution in [0.2, 0.25) is 0 Å². The Labute approximate surface area is 121 Å². The first-order valence-corrected chi connectivity index (χ1v) is 6.98. The lowest BCUT2D eigenvalue weighted by molar-refractivity contribution is 0.274. The Morgan fingerprint density at radius 1 is 1.21 bits per heavy atom. The van der Waals surface area contributed by atoms with Crippen molar-refractivity contribution < 1.29 is 9.84 Å². The summed E-state index contributed by atoms with van der Waals surface area (Å²) in [5, 5.41) is 9.21. The van der Waals surface area contributed by atoms with E-state index in [1.165, 1.54) is 0 Å². The molecule has 19 heavy (non-hydrogen) atoms. The number of halogens is 1. The number of aliphatic hydroxyl groups is 1. The number of pyridine rings is 1. The summed E-state index contributed by atoms with van der Waals surface area (Å²) in [6.45, 7) is 2.49. The molecule has 0 saturated carbocycles. The van der Waals surface area contributed by atoms with Crippen molar-refractivity contribution in [3.8, 4) is 5.88 Å². The molecule has 4 heteroatoms. The van der Waals surface area contributed by atoms with Gasteiger partial charge in [0.25, 0.3) is 0 Å². The number of aliphatic hydroxyl groups excluding tert-OH is 1. The summed E-state index contributed by atoms with van der Waals surface area (Å²) in [6, 6.07) is 11.6. The Bertz CT molecular complexity index is 535. The van der Waals surface area contributed by atoms with Gasteiger partial charge < -0.3 is 9.84 Å². The van der Waals surface area contributed by atoms with Crippen LogP contribution in [0.25, 0.3) is 0 Å². The predicted molar refractivity (Wildman–Crippen MR) is 78.0 cm³/mol.